The normalized spacial score (nSPS) is 10.5. The van der Waals surface area contributed by atoms with Crippen molar-refractivity contribution in [2.45, 2.75) is 13.3 Å². The molecule has 0 aliphatic carbocycles. The lowest BCUT2D eigenvalue weighted by Crippen LogP contribution is -2.13. The molecule has 0 spiro atoms. The maximum atomic E-state index is 13.4. The molecule has 1 heterocycles. The van der Waals surface area contributed by atoms with Crippen LogP contribution in [-0.2, 0) is 6.42 Å². The van der Waals surface area contributed by atoms with Crippen LogP contribution in [-0.4, -0.2) is 29.6 Å². The van der Waals surface area contributed by atoms with Crippen molar-refractivity contribution in [1.29, 1.82) is 0 Å². The van der Waals surface area contributed by atoms with Gasteiger partial charge in [-0.25, -0.2) is 14.4 Å². The number of carbonyl (C=O) groups excluding carboxylic acids is 1. The van der Waals surface area contributed by atoms with Crippen molar-refractivity contribution in [3.8, 4) is 22.8 Å². The fourth-order valence-corrected chi connectivity index (χ4v) is 2.89. The molecular formula is C21H20FN3O3. The molecule has 0 aliphatic heterocycles. The number of halogens is 1. The average molecular weight is 381 g/mol. The van der Waals surface area contributed by atoms with E-state index in [1.165, 1.54) is 25.6 Å². The number of nitrogens with two attached hydrogens (primary N) is 1. The number of primary amides is 1. The summed E-state index contributed by atoms with van der Waals surface area (Å²) in [6.07, 6.45) is 1.91. The first kappa shape index (κ1) is 19.3. The van der Waals surface area contributed by atoms with Crippen molar-refractivity contribution >= 4 is 5.91 Å². The van der Waals surface area contributed by atoms with Crippen molar-refractivity contribution < 1.29 is 18.7 Å². The second-order valence-corrected chi connectivity index (χ2v) is 6.04. The fourth-order valence-electron chi connectivity index (χ4n) is 2.89. The summed E-state index contributed by atoms with van der Waals surface area (Å²) in [6.45, 7) is 2.28. The molecule has 0 radical (unpaired) electrons. The van der Waals surface area contributed by atoms with Crippen LogP contribution >= 0.6 is 0 Å². The van der Waals surface area contributed by atoms with E-state index in [1.54, 1.807) is 24.3 Å². The molecule has 28 heavy (non-hydrogen) atoms. The molecule has 6 nitrogen and oxygen atoms in total. The van der Waals surface area contributed by atoms with E-state index in [-0.39, 0.29) is 5.82 Å². The number of carbonyl (C=O) groups is 1. The van der Waals surface area contributed by atoms with E-state index in [9.17, 15) is 9.18 Å². The second-order valence-electron chi connectivity index (χ2n) is 6.04. The number of hydrogen-bond acceptors (Lipinski definition) is 5. The Morgan fingerprint density at radius 1 is 1.11 bits per heavy atom. The molecule has 0 atom stereocenters. The van der Waals surface area contributed by atoms with Crippen LogP contribution in [0.3, 0.4) is 0 Å². The Kier molecular flexibility index (Phi) is 5.84. The van der Waals surface area contributed by atoms with E-state index >= 15 is 0 Å². The van der Waals surface area contributed by atoms with E-state index < -0.39 is 5.91 Å². The summed E-state index contributed by atoms with van der Waals surface area (Å²) in [5, 5.41) is 0. The topological polar surface area (TPSA) is 87.3 Å². The van der Waals surface area contributed by atoms with Gasteiger partial charge in [0.05, 0.1) is 25.0 Å². The molecule has 2 N–H and O–H groups in total. The highest BCUT2D eigenvalue weighted by Gasteiger charge is 2.13. The first-order chi connectivity index (χ1) is 13.5. The number of methoxy groups -OCH3 is 1. The van der Waals surface area contributed by atoms with Gasteiger partial charge in [-0.3, -0.25) is 4.79 Å². The standard InChI is InChI=1S/C21H20FN3O3/c1-3-28-19-7-4-13(9-17(19)21(23)26)8-15-11-18(25-12-24-15)16-6-5-14(22)10-20(16)27-2/h4-7,9-12H,3,8H2,1-2H3,(H2,23,26). The van der Waals surface area contributed by atoms with E-state index in [1.807, 2.05) is 13.0 Å². The zero-order valence-corrected chi connectivity index (χ0v) is 15.6. The number of nitrogens with zero attached hydrogens (tertiary/aromatic N) is 2. The highest BCUT2D eigenvalue weighted by Crippen LogP contribution is 2.29. The first-order valence-electron chi connectivity index (χ1n) is 8.72. The van der Waals surface area contributed by atoms with Gasteiger partial charge in [-0.15, -0.1) is 0 Å². The molecule has 0 fully saturated rings. The lowest BCUT2D eigenvalue weighted by molar-refractivity contribution is 0.0996. The van der Waals surface area contributed by atoms with Gasteiger partial charge in [-0.2, -0.15) is 0 Å². The van der Waals surface area contributed by atoms with Gasteiger partial charge in [0.25, 0.3) is 5.91 Å². The predicted molar refractivity (Wildman–Crippen MR) is 103 cm³/mol. The molecule has 144 valence electrons. The zero-order chi connectivity index (χ0) is 20.1. The van der Waals surface area contributed by atoms with Gasteiger partial charge in [-0.1, -0.05) is 6.07 Å². The summed E-state index contributed by atoms with van der Waals surface area (Å²) in [4.78, 5) is 20.3. The van der Waals surface area contributed by atoms with E-state index in [2.05, 4.69) is 9.97 Å². The molecule has 0 bridgehead atoms. The Hall–Kier alpha value is -3.48. The third-order valence-electron chi connectivity index (χ3n) is 4.16. The fraction of sp³-hybridized carbons (Fsp3) is 0.190. The summed E-state index contributed by atoms with van der Waals surface area (Å²) < 4.78 is 24.1. The third-order valence-corrected chi connectivity index (χ3v) is 4.16. The van der Waals surface area contributed by atoms with Crippen LogP contribution in [0, 0.1) is 5.82 Å². The molecule has 3 aromatic rings. The molecular weight excluding hydrogens is 361 g/mol. The number of aromatic nitrogens is 2. The quantitative estimate of drug-likeness (QED) is 0.678. The van der Waals surface area contributed by atoms with Crippen molar-refractivity contribution in [3.63, 3.8) is 0 Å². The van der Waals surface area contributed by atoms with Crippen LogP contribution in [0.1, 0.15) is 28.5 Å². The van der Waals surface area contributed by atoms with Crippen LogP contribution < -0.4 is 15.2 Å². The Morgan fingerprint density at radius 3 is 2.64 bits per heavy atom. The van der Waals surface area contributed by atoms with Crippen LogP contribution in [0.25, 0.3) is 11.3 Å². The van der Waals surface area contributed by atoms with Crippen molar-refractivity contribution in [2.75, 3.05) is 13.7 Å². The van der Waals surface area contributed by atoms with Gasteiger partial charge >= 0.3 is 0 Å². The van der Waals surface area contributed by atoms with E-state index in [0.29, 0.717) is 41.3 Å². The molecule has 7 heteroatoms. The molecule has 0 saturated carbocycles. The smallest absolute Gasteiger partial charge is 0.252 e. The maximum Gasteiger partial charge on any atom is 0.252 e. The Labute approximate surface area is 162 Å². The molecule has 1 aromatic heterocycles. The van der Waals surface area contributed by atoms with Crippen LogP contribution in [0.4, 0.5) is 4.39 Å². The summed E-state index contributed by atoms with van der Waals surface area (Å²) in [7, 11) is 1.48. The molecule has 2 aromatic carbocycles. The highest BCUT2D eigenvalue weighted by atomic mass is 19.1. The van der Waals surface area contributed by atoms with Gasteiger partial charge in [-0.05, 0) is 42.8 Å². The number of hydrogen-bond donors (Lipinski definition) is 1. The largest absolute Gasteiger partial charge is 0.496 e. The lowest BCUT2D eigenvalue weighted by atomic mass is 10.0. The number of amides is 1. The molecule has 0 aliphatic rings. The summed E-state index contributed by atoms with van der Waals surface area (Å²) in [6, 6.07) is 11.4. The molecule has 3 rings (SSSR count). The minimum atomic E-state index is -0.551. The monoisotopic (exact) mass is 381 g/mol. The molecule has 0 saturated heterocycles. The predicted octanol–water partition coefficient (Wildman–Crippen LogP) is 3.38. The summed E-state index contributed by atoms with van der Waals surface area (Å²) in [5.41, 5.74) is 8.65. The number of rotatable bonds is 7. The number of benzene rings is 2. The van der Waals surface area contributed by atoms with Gasteiger partial charge in [0.15, 0.2) is 0 Å². The van der Waals surface area contributed by atoms with E-state index in [4.69, 9.17) is 15.2 Å². The SMILES string of the molecule is CCOc1ccc(Cc2cc(-c3ccc(F)cc3OC)ncn2)cc1C(N)=O. The van der Waals surface area contributed by atoms with Crippen molar-refractivity contribution in [3.05, 3.63) is 71.4 Å². The minimum absolute atomic E-state index is 0.328. The number of ether oxygens (including phenoxy) is 2. The van der Waals surface area contributed by atoms with Gasteiger partial charge < -0.3 is 15.2 Å². The summed E-state index contributed by atoms with van der Waals surface area (Å²) >= 11 is 0. The zero-order valence-electron chi connectivity index (χ0n) is 15.6. The Morgan fingerprint density at radius 2 is 1.93 bits per heavy atom. The van der Waals surface area contributed by atoms with Gasteiger partial charge in [0.1, 0.15) is 23.6 Å². The highest BCUT2D eigenvalue weighted by molar-refractivity contribution is 5.95. The van der Waals surface area contributed by atoms with Crippen LogP contribution in [0.5, 0.6) is 11.5 Å². The Balaban J connectivity index is 1.92. The average Bonchev–Trinajstić information content (AvgIpc) is 2.69. The van der Waals surface area contributed by atoms with Gasteiger partial charge in [0.2, 0.25) is 0 Å². The third kappa shape index (κ3) is 4.25. The van der Waals surface area contributed by atoms with Crippen molar-refractivity contribution in [2.24, 2.45) is 5.73 Å². The molecule has 0 unspecified atom stereocenters. The second kappa shape index (κ2) is 8.47. The minimum Gasteiger partial charge on any atom is -0.496 e. The van der Waals surface area contributed by atoms with Gasteiger partial charge in [0, 0.05) is 23.7 Å². The Bertz CT molecular complexity index is 1010. The van der Waals surface area contributed by atoms with Crippen LogP contribution in [0.15, 0.2) is 48.8 Å². The molecule has 1 amide bonds. The first-order valence-corrected chi connectivity index (χ1v) is 8.72. The van der Waals surface area contributed by atoms with E-state index in [0.717, 1.165) is 11.3 Å². The van der Waals surface area contributed by atoms with Crippen molar-refractivity contribution in [1.82, 2.24) is 9.97 Å². The lowest BCUT2D eigenvalue weighted by Gasteiger charge is -2.11. The van der Waals surface area contributed by atoms with Crippen LogP contribution in [0.2, 0.25) is 0 Å². The maximum absolute atomic E-state index is 13.4. The summed E-state index contributed by atoms with van der Waals surface area (Å²) in [5.74, 6) is -0.0899.